The third-order valence-electron chi connectivity index (χ3n) is 5.27. The number of hydrogen-bond donors (Lipinski definition) is 3. The molecule has 4 rings (SSSR count). The number of nitrogens with one attached hydrogen (secondary N) is 3. The summed E-state index contributed by atoms with van der Waals surface area (Å²) in [5.74, 6) is -0.339. The van der Waals surface area contributed by atoms with E-state index in [1.807, 2.05) is 67.2 Å². The second-order valence-electron chi connectivity index (χ2n) is 7.12. The van der Waals surface area contributed by atoms with Crippen molar-refractivity contribution in [3.63, 3.8) is 0 Å². The summed E-state index contributed by atoms with van der Waals surface area (Å²) < 4.78 is 16.0. The zero-order valence-corrected chi connectivity index (χ0v) is 17.0. The van der Waals surface area contributed by atoms with Gasteiger partial charge in [0.25, 0.3) is 0 Å². The highest BCUT2D eigenvalue weighted by atomic mass is 19.1. The molecule has 0 unspecified atom stereocenters. The summed E-state index contributed by atoms with van der Waals surface area (Å²) >= 11 is 0. The van der Waals surface area contributed by atoms with Crippen LogP contribution < -0.4 is 10.6 Å². The van der Waals surface area contributed by atoms with E-state index in [2.05, 4.69) is 17.2 Å². The van der Waals surface area contributed by atoms with Crippen molar-refractivity contribution in [1.29, 1.82) is 5.41 Å². The number of para-hydroxylation sites is 2. The second kappa shape index (κ2) is 7.87. The summed E-state index contributed by atoms with van der Waals surface area (Å²) in [7, 11) is 3.80. The molecule has 0 saturated heterocycles. The van der Waals surface area contributed by atoms with Gasteiger partial charge in [-0.25, -0.2) is 4.39 Å². The molecular formula is C25H23FN4. The summed E-state index contributed by atoms with van der Waals surface area (Å²) in [6.07, 6.45) is 0. The van der Waals surface area contributed by atoms with Gasteiger partial charge in [-0.1, -0.05) is 43.0 Å². The van der Waals surface area contributed by atoms with Crippen molar-refractivity contribution in [2.75, 3.05) is 17.7 Å². The first-order valence-corrected chi connectivity index (χ1v) is 9.66. The standard InChI is InChI=1S/C25H23FN4/c1-16(29-22-10-6-5-9-20(22)26)17-12-13-21(28-2)19(14-17)25(27)24-15-18-8-4-7-11-23(18)30(24)3/h4-15,27-29H,1H2,2-3H3. The van der Waals surface area contributed by atoms with Crippen LogP contribution in [0.1, 0.15) is 16.8 Å². The highest BCUT2D eigenvalue weighted by molar-refractivity contribution is 6.15. The first-order chi connectivity index (χ1) is 14.5. The molecule has 4 nitrogen and oxygen atoms in total. The van der Waals surface area contributed by atoms with Gasteiger partial charge < -0.3 is 15.2 Å². The molecule has 1 heterocycles. The molecule has 0 spiro atoms. The Kier molecular flexibility index (Phi) is 5.11. The Morgan fingerprint density at radius 3 is 2.43 bits per heavy atom. The number of nitrogens with zero attached hydrogens (tertiary/aromatic N) is 1. The van der Waals surface area contributed by atoms with E-state index in [9.17, 15) is 4.39 Å². The third kappa shape index (κ3) is 3.46. The molecule has 5 heteroatoms. The Morgan fingerprint density at radius 1 is 0.967 bits per heavy atom. The molecule has 0 bridgehead atoms. The lowest BCUT2D eigenvalue weighted by atomic mass is 10.0. The Hall–Kier alpha value is -3.86. The zero-order valence-electron chi connectivity index (χ0n) is 17.0. The zero-order chi connectivity index (χ0) is 21.3. The van der Waals surface area contributed by atoms with Crippen LogP contribution in [0.5, 0.6) is 0 Å². The van der Waals surface area contributed by atoms with E-state index in [1.54, 1.807) is 18.2 Å². The summed E-state index contributed by atoms with van der Waals surface area (Å²) in [5, 5.41) is 16.2. The van der Waals surface area contributed by atoms with E-state index in [-0.39, 0.29) is 5.82 Å². The number of aromatic nitrogens is 1. The van der Waals surface area contributed by atoms with Gasteiger partial charge in [0.15, 0.2) is 0 Å². The number of hydrogen-bond acceptors (Lipinski definition) is 3. The van der Waals surface area contributed by atoms with Crippen molar-refractivity contribution >= 4 is 33.7 Å². The van der Waals surface area contributed by atoms with E-state index < -0.39 is 0 Å². The molecule has 0 amide bonds. The molecule has 0 aliphatic rings. The average molecular weight is 398 g/mol. The fourth-order valence-electron chi connectivity index (χ4n) is 3.62. The van der Waals surface area contributed by atoms with E-state index in [0.29, 0.717) is 17.1 Å². The number of halogens is 1. The average Bonchev–Trinajstić information content (AvgIpc) is 3.11. The number of aryl methyl sites for hydroxylation is 1. The lowest BCUT2D eigenvalue weighted by Gasteiger charge is -2.16. The fourth-order valence-corrected chi connectivity index (χ4v) is 3.62. The molecule has 0 aliphatic carbocycles. The van der Waals surface area contributed by atoms with Gasteiger partial charge in [-0.3, -0.25) is 5.41 Å². The van der Waals surface area contributed by atoms with Crippen molar-refractivity contribution in [2.45, 2.75) is 0 Å². The van der Waals surface area contributed by atoms with E-state index in [1.165, 1.54) is 6.07 Å². The quantitative estimate of drug-likeness (QED) is 0.356. The van der Waals surface area contributed by atoms with Crippen LogP contribution in [-0.2, 0) is 7.05 Å². The molecule has 3 N–H and O–H groups in total. The first kappa shape index (κ1) is 19.5. The minimum atomic E-state index is -0.339. The van der Waals surface area contributed by atoms with Crippen LogP contribution in [0, 0.1) is 11.2 Å². The monoisotopic (exact) mass is 398 g/mol. The van der Waals surface area contributed by atoms with Crippen LogP contribution in [0.15, 0.2) is 79.4 Å². The summed E-state index contributed by atoms with van der Waals surface area (Å²) in [4.78, 5) is 0. The largest absolute Gasteiger partial charge is 0.388 e. The highest BCUT2D eigenvalue weighted by Crippen LogP contribution is 2.27. The first-order valence-electron chi connectivity index (χ1n) is 9.66. The molecule has 0 atom stereocenters. The molecule has 0 radical (unpaired) electrons. The maximum Gasteiger partial charge on any atom is 0.146 e. The number of benzene rings is 3. The molecule has 0 saturated carbocycles. The molecule has 30 heavy (non-hydrogen) atoms. The number of fused-ring (bicyclic) bond motifs is 1. The van der Waals surface area contributed by atoms with Gasteiger partial charge in [-0.15, -0.1) is 0 Å². The van der Waals surface area contributed by atoms with Crippen LogP contribution in [0.4, 0.5) is 15.8 Å². The van der Waals surface area contributed by atoms with Crippen LogP contribution in [0.25, 0.3) is 16.6 Å². The van der Waals surface area contributed by atoms with Gasteiger partial charge in [0.1, 0.15) is 5.82 Å². The molecular weight excluding hydrogens is 375 g/mol. The van der Waals surface area contributed by atoms with E-state index in [4.69, 9.17) is 5.41 Å². The lowest BCUT2D eigenvalue weighted by Crippen LogP contribution is -2.11. The van der Waals surface area contributed by atoms with Crippen molar-refractivity contribution in [2.24, 2.45) is 7.05 Å². The molecule has 1 aromatic heterocycles. The molecule has 0 aliphatic heterocycles. The number of rotatable bonds is 6. The maximum atomic E-state index is 14.0. The smallest absolute Gasteiger partial charge is 0.146 e. The topological polar surface area (TPSA) is 52.8 Å². The van der Waals surface area contributed by atoms with Gasteiger partial charge in [0.2, 0.25) is 0 Å². The lowest BCUT2D eigenvalue weighted by molar-refractivity contribution is 0.632. The Balaban J connectivity index is 1.72. The van der Waals surface area contributed by atoms with Crippen LogP contribution in [-0.4, -0.2) is 17.3 Å². The predicted octanol–water partition coefficient (Wildman–Crippen LogP) is 5.86. The predicted molar refractivity (Wildman–Crippen MR) is 124 cm³/mol. The van der Waals surface area contributed by atoms with E-state index >= 15 is 0 Å². The minimum absolute atomic E-state index is 0.339. The SMILES string of the molecule is C=C(Nc1ccccc1F)c1ccc(NC)c(C(=N)c2cc3ccccc3n2C)c1. The summed E-state index contributed by atoms with van der Waals surface area (Å²) in [6, 6.07) is 22.3. The summed E-state index contributed by atoms with van der Waals surface area (Å²) in [5.41, 5.74) is 5.60. The van der Waals surface area contributed by atoms with Crippen LogP contribution in [0.3, 0.4) is 0 Å². The summed E-state index contributed by atoms with van der Waals surface area (Å²) in [6.45, 7) is 4.07. The van der Waals surface area contributed by atoms with E-state index in [0.717, 1.165) is 33.4 Å². The Bertz CT molecular complexity index is 1270. The van der Waals surface area contributed by atoms with Gasteiger partial charge in [-0.2, -0.15) is 0 Å². The Labute approximate surface area is 175 Å². The fraction of sp³-hybridized carbons (Fsp3) is 0.0800. The van der Waals surface area contributed by atoms with Crippen molar-refractivity contribution in [1.82, 2.24) is 4.57 Å². The normalized spacial score (nSPS) is 10.8. The highest BCUT2D eigenvalue weighted by Gasteiger charge is 2.16. The van der Waals surface area contributed by atoms with Crippen LogP contribution in [0.2, 0.25) is 0 Å². The van der Waals surface area contributed by atoms with Gasteiger partial charge >= 0.3 is 0 Å². The molecule has 150 valence electrons. The van der Waals surface area contributed by atoms with Gasteiger partial charge in [-0.05, 0) is 42.0 Å². The maximum absolute atomic E-state index is 14.0. The van der Waals surface area contributed by atoms with Crippen molar-refractivity contribution in [3.8, 4) is 0 Å². The molecule has 4 aromatic rings. The van der Waals surface area contributed by atoms with Gasteiger partial charge in [0.05, 0.1) is 17.1 Å². The number of anilines is 2. The molecule has 0 fully saturated rings. The van der Waals surface area contributed by atoms with Gasteiger partial charge in [0, 0.05) is 41.9 Å². The van der Waals surface area contributed by atoms with Crippen molar-refractivity contribution in [3.05, 3.63) is 102 Å². The molecule has 3 aromatic carbocycles. The van der Waals surface area contributed by atoms with Crippen molar-refractivity contribution < 1.29 is 4.39 Å². The van der Waals surface area contributed by atoms with Crippen LogP contribution >= 0.6 is 0 Å². The third-order valence-corrected chi connectivity index (χ3v) is 5.27. The second-order valence-corrected chi connectivity index (χ2v) is 7.12. The minimum Gasteiger partial charge on any atom is -0.388 e. The Morgan fingerprint density at radius 2 is 1.70 bits per heavy atom.